The smallest absolute Gasteiger partial charge is 0.352 e. The number of nitrogens with one attached hydrogen (secondary N) is 1. The van der Waals surface area contributed by atoms with Gasteiger partial charge in [0.1, 0.15) is 5.71 Å². The molecule has 142 valence electrons. The highest BCUT2D eigenvalue weighted by molar-refractivity contribution is 9.10. The van der Waals surface area contributed by atoms with Crippen molar-refractivity contribution in [3.63, 3.8) is 0 Å². The van der Waals surface area contributed by atoms with Crippen molar-refractivity contribution >= 4 is 49.8 Å². The van der Waals surface area contributed by atoms with Gasteiger partial charge in [0.25, 0.3) is 5.69 Å². The molecule has 0 radical (unpaired) electrons. The van der Waals surface area contributed by atoms with Crippen molar-refractivity contribution in [3.05, 3.63) is 74.1 Å². The van der Waals surface area contributed by atoms with E-state index >= 15 is 0 Å². The molecule has 0 atom stereocenters. The summed E-state index contributed by atoms with van der Waals surface area (Å²) in [4.78, 5) is 26.4. The van der Waals surface area contributed by atoms with Crippen LogP contribution in [0.25, 0.3) is 11.3 Å². The predicted molar refractivity (Wildman–Crippen MR) is 111 cm³/mol. The fraction of sp³-hybridized carbons (Fsp3) is 0.0556. The Balaban J connectivity index is 1.78. The van der Waals surface area contributed by atoms with E-state index in [9.17, 15) is 20.0 Å². The maximum Gasteiger partial charge on any atom is 0.352 e. The number of hydrogen-bond donors (Lipinski definition) is 2. The summed E-state index contributed by atoms with van der Waals surface area (Å²) in [6.07, 6.45) is -0.190. The molecule has 28 heavy (non-hydrogen) atoms. The molecular formula is C18H13BrN4O4S. The quantitative estimate of drug-likeness (QED) is 0.302. The Morgan fingerprint density at radius 2 is 1.96 bits per heavy atom. The number of nitro groups is 1. The van der Waals surface area contributed by atoms with Gasteiger partial charge in [-0.25, -0.2) is 9.78 Å². The summed E-state index contributed by atoms with van der Waals surface area (Å²) in [6.45, 7) is 0. The maximum absolute atomic E-state index is 11.5. The number of hydrazone groups is 1. The molecule has 0 aliphatic rings. The van der Waals surface area contributed by atoms with E-state index in [1.807, 2.05) is 29.6 Å². The van der Waals surface area contributed by atoms with Crippen LogP contribution in [0, 0.1) is 10.1 Å². The molecule has 0 spiro atoms. The van der Waals surface area contributed by atoms with Crippen molar-refractivity contribution in [1.82, 2.24) is 4.98 Å². The lowest BCUT2D eigenvalue weighted by Gasteiger charge is -2.04. The Bertz CT molecular complexity index is 1050. The van der Waals surface area contributed by atoms with Gasteiger partial charge in [-0.05, 0) is 12.1 Å². The predicted octanol–water partition coefficient (Wildman–Crippen LogP) is 4.58. The molecule has 1 heterocycles. The zero-order chi connectivity index (χ0) is 20.1. The van der Waals surface area contributed by atoms with Crippen LogP contribution >= 0.6 is 27.3 Å². The molecule has 0 unspecified atom stereocenters. The standard InChI is InChI=1S/C18H13BrN4O4S/c19-13-7-5-11(6-8-13)15-10-28-18(20-15)22-21-14(17(24)25)9-12-3-1-2-4-16(12)23(26)27/h1-8,10H,9H2,(H,20,22)(H,24,25). The second kappa shape index (κ2) is 8.72. The first-order valence-electron chi connectivity index (χ1n) is 7.93. The summed E-state index contributed by atoms with van der Waals surface area (Å²) >= 11 is 4.65. The molecule has 2 N–H and O–H groups in total. The fourth-order valence-electron chi connectivity index (χ4n) is 2.38. The minimum absolute atomic E-state index is 0.150. The Morgan fingerprint density at radius 3 is 2.64 bits per heavy atom. The van der Waals surface area contributed by atoms with Gasteiger partial charge in [0.2, 0.25) is 5.13 Å². The normalized spacial score (nSPS) is 11.2. The van der Waals surface area contributed by atoms with E-state index in [-0.39, 0.29) is 23.4 Å². The molecule has 8 nitrogen and oxygen atoms in total. The molecule has 0 fully saturated rings. The second-order valence-corrected chi connectivity index (χ2v) is 7.36. The number of benzene rings is 2. The average Bonchev–Trinajstić information content (AvgIpc) is 3.14. The van der Waals surface area contributed by atoms with Crippen LogP contribution in [0.5, 0.6) is 0 Å². The van der Waals surface area contributed by atoms with Gasteiger partial charge in [0, 0.05) is 33.5 Å². The number of thiazole rings is 1. The van der Waals surface area contributed by atoms with E-state index in [2.05, 4.69) is 31.4 Å². The van der Waals surface area contributed by atoms with E-state index in [1.54, 1.807) is 6.07 Å². The van der Waals surface area contributed by atoms with E-state index in [0.717, 1.165) is 15.7 Å². The summed E-state index contributed by atoms with van der Waals surface area (Å²) < 4.78 is 0.954. The first kappa shape index (κ1) is 19.6. The third-order valence-electron chi connectivity index (χ3n) is 3.72. The van der Waals surface area contributed by atoms with Crippen molar-refractivity contribution in [3.8, 4) is 11.3 Å². The van der Waals surface area contributed by atoms with Crippen LogP contribution < -0.4 is 5.43 Å². The number of aliphatic carboxylic acids is 1. The van der Waals surface area contributed by atoms with Crippen LogP contribution in [0.2, 0.25) is 0 Å². The highest BCUT2D eigenvalue weighted by atomic mass is 79.9. The highest BCUT2D eigenvalue weighted by Gasteiger charge is 2.18. The summed E-state index contributed by atoms with van der Waals surface area (Å²) in [7, 11) is 0. The van der Waals surface area contributed by atoms with Gasteiger partial charge in [-0.3, -0.25) is 15.5 Å². The third kappa shape index (κ3) is 4.78. The topological polar surface area (TPSA) is 118 Å². The van der Waals surface area contributed by atoms with Gasteiger partial charge in [-0.15, -0.1) is 11.3 Å². The Hall–Kier alpha value is -3.11. The Labute approximate surface area is 171 Å². The summed E-state index contributed by atoms with van der Waals surface area (Å²) in [6, 6.07) is 13.6. The summed E-state index contributed by atoms with van der Waals surface area (Å²) in [5.74, 6) is -1.27. The molecule has 3 aromatic rings. The second-order valence-electron chi connectivity index (χ2n) is 5.58. The molecule has 0 saturated heterocycles. The molecule has 2 aromatic carbocycles. The zero-order valence-electron chi connectivity index (χ0n) is 14.2. The van der Waals surface area contributed by atoms with Crippen LogP contribution in [-0.2, 0) is 11.2 Å². The monoisotopic (exact) mass is 460 g/mol. The molecule has 0 amide bonds. The van der Waals surface area contributed by atoms with Gasteiger partial charge in [-0.2, -0.15) is 5.10 Å². The zero-order valence-corrected chi connectivity index (χ0v) is 16.6. The van der Waals surface area contributed by atoms with E-state index < -0.39 is 10.9 Å². The number of halogens is 1. The van der Waals surface area contributed by atoms with E-state index in [4.69, 9.17) is 0 Å². The van der Waals surface area contributed by atoms with Crippen LogP contribution in [0.1, 0.15) is 5.56 Å². The number of carbonyl (C=O) groups is 1. The minimum atomic E-state index is -1.27. The lowest BCUT2D eigenvalue weighted by atomic mass is 10.1. The van der Waals surface area contributed by atoms with Gasteiger partial charge in [-0.1, -0.05) is 46.3 Å². The van der Waals surface area contributed by atoms with Crippen molar-refractivity contribution in [1.29, 1.82) is 0 Å². The lowest BCUT2D eigenvalue weighted by molar-refractivity contribution is -0.385. The minimum Gasteiger partial charge on any atom is -0.477 e. The molecule has 10 heteroatoms. The van der Waals surface area contributed by atoms with Crippen molar-refractivity contribution in [2.24, 2.45) is 5.10 Å². The number of carboxylic acids is 1. The average molecular weight is 461 g/mol. The van der Waals surface area contributed by atoms with Gasteiger partial charge < -0.3 is 5.11 Å². The van der Waals surface area contributed by atoms with Crippen molar-refractivity contribution < 1.29 is 14.8 Å². The number of anilines is 1. The molecule has 0 saturated carbocycles. The largest absolute Gasteiger partial charge is 0.477 e. The lowest BCUT2D eigenvalue weighted by Crippen LogP contribution is -2.18. The van der Waals surface area contributed by atoms with Crippen LogP contribution in [0.4, 0.5) is 10.8 Å². The molecule has 3 rings (SSSR count). The Kier molecular flexibility index (Phi) is 6.12. The number of nitro benzene ring substituents is 1. The van der Waals surface area contributed by atoms with Crippen LogP contribution in [0.3, 0.4) is 0 Å². The third-order valence-corrected chi connectivity index (χ3v) is 5.00. The number of aromatic nitrogens is 1. The van der Waals surface area contributed by atoms with Gasteiger partial charge in [0.15, 0.2) is 0 Å². The molecule has 0 aliphatic heterocycles. The highest BCUT2D eigenvalue weighted by Crippen LogP contribution is 2.26. The summed E-state index contributed by atoms with van der Waals surface area (Å²) in [5, 5.41) is 26.6. The van der Waals surface area contributed by atoms with Crippen molar-refractivity contribution in [2.75, 3.05) is 5.43 Å². The number of para-hydroxylation sites is 1. The van der Waals surface area contributed by atoms with Gasteiger partial charge >= 0.3 is 5.97 Å². The molecule has 0 bridgehead atoms. The van der Waals surface area contributed by atoms with Crippen molar-refractivity contribution in [2.45, 2.75) is 6.42 Å². The first-order valence-corrected chi connectivity index (χ1v) is 9.61. The number of carboxylic acid groups (broad SMARTS) is 1. The molecular weight excluding hydrogens is 448 g/mol. The number of hydrogen-bond acceptors (Lipinski definition) is 7. The Morgan fingerprint density at radius 1 is 1.25 bits per heavy atom. The number of rotatable bonds is 7. The van der Waals surface area contributed by atoms with Crippen LogP contribution in [0.15, 0.2) is 63.5 Å². The molecule has 1 aromatic heterocycles. The summed E-state index contributed by atoms with van der Waals surface area (Å²) in [5.41, 5.74) is 4.14. The first-order chi connectivity index (χ1) is 13.4. The maximum atomic E-state index is 11.5. The van der Waals surface area contributed by atoms with Crippen LogP contribution in [-0.4, -0.2) is 26.7 Å². The molecule has 0 aliphatic carbocycles. The van der Waals surface area contributed by atoms with Gasteiger partial charge in [0.05, 0.1) is 10.6 Å². The SMILES string of the molecule is O=C(O)C(Cc1ccccc1[N+](=O)[O-])=NNc1nc(-c2ccc(Br)cc2)cs1. The fourth-order valence-corrected chi connectivity index (χ4v) is 3.30. The van der Waals surface area contributed by atoms with E-state index in [0.29, 0.717) is 5.13 Å². The van der Waals surface area contributed by atoms with E-state index in [1.165, 1.54) is 29.5 Å². The number of nitrogens with zero attached hydrogens (tertiary/aromatic N) is 3.